The number of aromatic nitrogens is 2. The van der Waals surface area contributed by atoms with E-state index in [9.17, 15) is 4.79 Å². The van der Waals surface area contributed by atoms with Crippen LogP contribution in [0.4, 0.5) is 11.6 Å². The molecule has 0 aliphatic heterocycles. The van der Waals surface area contributed by atoms with Crippen molar-refractivity contribution in [3.63, 3.8) is 0 Å². The van der Waals surface area contributed by atoms with Gasteiger partial charge in [0.25, 0.3) is 5.91 Å². The molecule has 0 unspecified atom stereocenters. The maximum atomic E-state index is 10.7. The van der Waals surface area contributed by atoms with E-state index in [0.717, 1.165) is 0 Å². The van der Waals surface area contributed by atoms with Crippen molar-refractivity contribution in [2.45, 2.75) is 0 Å². The zero-order valence-corrected chi connectivity index (χ0v) is 6.88. The van der Waals surface area contributed by atoms with E-state index in [2.05, 4.69) is 30.6 Å². The Hall–Kier alpha value is -2.52. The summed E-state index contributed by atoms with van der Waals surface area (Å²) in [5, 5.41) is 12.7. The fraction of sp³-hybridized carbons (Fsp3) is 0. The lowest BCUT2D eigenvalue weighted by molar-refractivity contribution is 0.0991. The van der Waals surface area contributed by atoms with E-state index in [-0.39, 0.29) is 17.5 Å². The number of hydrogen-bond acceptors (Lipinski definition) is 6. The van der Waals surface area contributed by atoms with Gasteiger partial charge in [-0.2, -0.15) is 0 Å². The molecule has 0 bridgehead atoms. The summed E-state index contributed by atoms with van der Waals surface area (Å²) < 4.78 is 0. The molecule has 74 valence electrons. The smallest absolute Gasteiger partial charge is 0.284 e. The van der Waals surface area contributed by atoms with E-state index in [1.807, 2.05) is 0 Å². The largest absolute Gasteiger partial charge is 0.363 e. The minimum Gasteiger partial charge on any atom is -0.363 e. The van der Waals surface area contributed by atoms with Gasteiger partial charge in [0, 0.05) is 0 Å². The average molecular weight is 197 g/mol. The predicted molar refractivity (Wildman–Crippen MR) is 44.5 cm³/mol. The Kier molecular flexibility index (Phi) is 2.69. The monoisotopic (exact) mass is 197 g/mol. The van der Waals surface area contributed by atoms with Crippen LogP contribution in [0.15, 0.2) is 20.7 Å². The Morgan fingerprint density at radius 2 is 1.93 bits per heavy atom. The quantitative estimate of drug-likeness (QED) is 0.288. The SMILES string of the molecule is NN=Nc1nc(C(N)=O)[nH]c1N=NN. The summed E-state index contributed by atoms with van der Waals surface area (Å²) in [6.45, 7) is 0. The summed E-state index contributed by atoms with van der Waals surface area (Å²) in [5.74, 6) is 8.73. The minimum atomic E-state index is -0.767. The molecule has 0 aliphatic rings. The molecule has 0 spiro atoms. The number of carbonyl (C=O) groups is 1. The van der Waals surface area contributed by atoms with Gasteiger partial charge in [-0.25, -0.2) is 4.98 Å². The number of carbonyl (C=O) groups excluding carboxylic acids is 1. The molecule has 0 fully saturated rings. The highest BCUT2D eigenvalue weighted by atomic mass is 16.1. The third-order valence-electron chi connectivity index (χ3n) is 1.21. The van der Waals surface area contributed by atoms with Gasteiger partial charge in [0.15, 0.2) is 5.82 Å². The zero-order valence-electron chi connectivity index (χ0n) is 6.88. The van der Waals surface area contributed by atoms with Gasteiger partial charge in [-0.3, -0.25) is 4.79 Å². The lowest BCUT2D eigenvalue weighted by atomic mass is 10.6. The van der Waals surface area contributed by atoms with E-state index in [0.29, 0.717) is 0 Å². The molecule has 0 saturated heterocycles. The molecule has 1 rings (SSSR count). The van der Waals surface area contributed by atoms with E-state index in [1.165, 1.54) is 0 Å². The zero-order chi connectivity index (χ0) is 10.6. The Morgan fingerprint density at radius 3 is 2.43 bits per heavy atom. The lowest BCUT2D eigenvalue weighted by Crippen LogP contribution is -2.12. The van der Waals surface area contributed by atoms with E-state index in [4.69, 9.17) is 17.4 Å². The Balaban J connectivity index is 3.18. The standard InChI is InChI=1S/C4H7N9O/c5-1(14)2-8-3(10-12-6)4(9-2)11-13-7/h(H2,5,14)(H2,6,10)(H2,7,11)(H,8,9). The third kappa shape index (κ3) is 1.80. The van der Waals surface area contributed by atoms with Crippen molar-refractivity contribution >= 4 is 17.5 Å². The van der Waals surface area contributed by atoms with Crippen molar-refractivity contribution in [2.24, 2.45) is 38.1 Å². The van der Waals surface area contributed by atoms with Crippen LogP contribution in [0.1, 0.15) is 10.6 Å². The number of amides is 1. The molecular weight excluding hydrogens is 190 g/mol. The molecule has 0 aromatic carbocycles. The van der Waals surface area contributed by atoms with Crippen LogP contribution in [0.5, 0.6) is 0 Å². The highest BCUT2D eigenvalue weighted by Gasteiger charge is 2.12. The minimum absolute atomic E-state index is 0.0181. The summed E-state index contributed by atoms with van der Waals surface area (Å²) in [6.07, 6.45) is 0. The fourth-order valence-electron chi connectivity index (χ4n) is 0.723. The molecule has 1 heterocycles. The van der Waals surface area contributed by atoms with Crippen LogP contribution in [0.25, 0.3) is 0 Å². The first kappa shape index (κ1) is 9.57. The number of nitrogens with zero attached hydrogens (tertiary/aromatic N) is 5. The first-order valence-corrected chi connectivity index (χ1v) is 3.30. The number of hydrogen-bond donors (Lipinski definition) is 4. The molecule has 1 amide bonds. The van der Waals surface area contributed by atoms with Crippen molar-refractivity contribution in [1.82, 2.24) is 9.97 Å². The number of nitrogens with one attached hydrogen (secondary N) is 1. The first-order valence-electron chi connectivity index (χ1n) is 3.30. The van der Waals surface area contributed by atoms with Crippen LogP contribution in [-0.4, -0.2) is 15.9 Å². The van der Waals surface area contributed by atoms with Crippen LogP contribution in [0.3, 0.4) is 0 Å². The highest BCUT2D eigenvalue weighted by Crippen LogP contribution is 2.24. The molecule has 0 atom stereocenters. The van der Waals surface area contributed by atoms with Crippen LogP contribution in [0.2, 0.25) is 0 Å². The van der Waals surface area contributed by atoms with E-state index >= 15 is 0 Å². The summed E-state index contributed by atoms with van der Waals surface area (Å²) in [5.41, 5.74) is 4.95. The molecule has 0 aliphatic carbocycles. The third-order valence-corrected chi connectivity index (χ3v) is 1.21. The number of nitrogens with two attached hydrogens (primary N) is 3. The van der Waals surface area contributed by atoms with Gasteiger partial charge in [0.05, 0.1) is 0 Å². The van der Waals surface area contributed by atoms with Gasteiger partial charge in [-0.15, -0.1) is 10.2 Å². The summed E-state index contributed by atoms with van der Waals surface area (Å²) in [4.78, 5) is 16.8. The summed E-state index contributed by atoms with van der Waals surface area (Å²) in [6, 6.07) is 0. The Bertz CT molecular complexity index is 360. The summed E-state index contributed by atoms with van der Waals surface area (Å²) >= 11 is 0. The second kappa shape index (κ2) is 3.93. The molecule has 0 saturated carbocycles. The topological polar surface area (TPSA) is 173 Å². The molecule has 14 heavy (non-hydrogen) atoms. The Labute approximate surface area is 77.2 Å². The molecule has 1 aromatic heterocycles. The van der Waals surface area contributed by atoms with Crippen molar-refractivity contribution in [3.8, 4) is 0 Å². The Morgan fingerprint density at radius 1 is 1.29 bits per heavy atom. The van der Waals surface area contributed by atoms with Crippen molar-refractivity contribution in [1.29, 1.82) is 0 Å². The molecular formula is C4H7N9O. The van der Waals surface area contributed by atoms with E-state index in [1.54, 1.807) is 0 Å². The maximum absolute atomic E-state index is 10.7. The number of H-pyrrole nitrogens is 1. The lowest BCUT2D eigenvalue weighted by Gasteiger charge is -1.83. The van der Waals surface area contributed by atoms with E-state index < -0.39 is 5.91 Å². The molecule has 10 nitrogen and oxygen atoms in total. The van der Waals surface area contributed by atoms with Gasteiger partial charge in [-0.05, 0) is 0 Å². The molecule has 1 aromatic rings. The predicted octanol–water partition coefficient (Wildman–Crippen LogP) is -0.577. The van der Waals surface area contributed by atoms with Crippen molar-refractivity contribution < 1.29 is 4.79 Å². The fourth-order valence-corrected chi connectivity index (χ4v) is 0.723. The van der Waals surface area contributed by atoms with Gasteiger partial charge < -0.3 is 22.4 Å². The number of rotatable bonds is 3. The first-order chi connectivity index (χ1) is 6.69. The van der Waals surface area contributed by atoms with Gasteiger partial charge in [0.1, 0.15) is 0 Å². The number of imidazole rings is 1. The van der Waals surface area contributed by atoms with Gasteiger partial charge in [-0.1, -0.05) is 10.4 Å². The molecule has 0 radical (unpaired) electrons. The second-order valence-corrected chi connectivity index (χ2v) is 2.05. The van der Waals surface area contributed by atoms with Crippen molar-refractivity contribution in [3.05, 3.63) is 5.82 Å². The van der Waals surface area contributed by atoms with Crippen molar-refractivity contribution in [2.75, 3.05) is 0 Å². The van der Waals surface area contributed by atoms with Crippen LogP contribution in [0, 0.1) is 0 Å². The summed E-state index contributed by atoms with van der Waals surface area (Å²) in [7, 11) is 0. The maximum Gasteiger partial charge on any atom is 0.284 e. The highest BCUT2D eigenvalue weighted by molar-refractivity contribution is 5.90. The number of primary amides is 1. The van der Waals surface area contributed by atoms with Gasteiger partial charge in [0.2, 0.25) is 11.6 Å². The van der Waals surface area contributed by atoms with Crippen LogP contribution in [-0.2, 0) is 0 Å². The number of aromatic amines is 1. The second-order valence-electron chi connectivity index (χ2n) is 2.05. The molecule has 7 N–H and O–H groups in total. The van der Waals surface area contributed by atoms with Crippen LogP contribution < -0.4 is 17.4 Å². The molecule has 10 heteroatoms. The van der Waals surface area contributed by atoms with Gasteiger partial charge >= 0.3 is 0 Å². The normalized spacial score (nSPS) is 11.4. The average Bonchev–Trinajstić information content (AvgIpc) is 2.50. The van der Waals surface area contributed by atoms with Crippen LogP contribution >= 0.6 is 0 Å².